The molecule has 0 bridgehead atoms. The molecular formula is C24H33N3O. The lowest BCUT2D eigenvalue weighted by Crippen LogP contribution is -2.63. The Morgan fingerprint density at radius 2 is 1.64 bits per heavy atom. The minimum atomic E-state index is 0.478. The maximum absolute atomic E-state index is 5.61. The van der Waals surface area contributed by atoms with Crippen LogP contribution in [0.4, 0.5) is 0 Å². The average molecular weight is 380 g/mol. The summed E-state index contributed by atoms with van der Waals surface area (Å²) in [5, 5.41) is 0. The van der Waals surface area contributed by atoms with Gasteiger partial charge in [0.15, 0.2) is 0 Å². The number of fused-ring (bicyclic) bond motifs is 1. The number of likely N-dealkylation sites (tertiary alicyclic amines) is 3. The summed E-state index contributed by atoms with van der Waals surface area (Å²) < 4.78 is 5.61. The molecule has 1 atom stereocenters. The third-order valence-electron chi connectivity index (χ3n) is 7.57. The van der Waals surface area contributed by atoms with Gasteiger partial charge in [0.2, 0.25) is 0 Å². The zero-order valence-corrected chi connectivity index (χ0v) is 17.1. The molecule has 1 aromatic heterocycles. The molecule has 1 aromatic carbocycles. The summed E-state index contributed by atoms with van der Waals surface area (Å²) in [5.41, 5.74) is 2.43. The maximum atomic E-state index is 5.61. The largest absolute Gasteiger partial charge is 0.468 e. The average Bonchev–Trinajstić information content (AvgIpc) is 3.21. The molecule has 2 aromatic rings. The second-order valence-corrected chi connectivity index (χ2v) is 9.57. The van der Waals surface area contributed by atoms with Crippen molar-refractivity contribution in [1.82, 2.24) is 14.7 Å². The quantitative estimate of drug-likeness (QED) is 0.808. The van der Waals surface area contributed by atoms with Crippen molar-refractivity contribution in [2.45, 2.75) is 32.4 Å². The summed E-state index contributed by atoms with van der Waals surface area (Å²) in [4.78, 5) is 7.90. The van der Waals surface area contributed by atoms with Crippen LogP contribution in [0.15, 0.2) is 53.1 Å². The molecule has 0 aliphatic carbocycles. The molecule has 0 saturated carbocycles. The molecule has 5 rings (SSSR count). The van der Waals surface area contributed by atoms with Gasteiger partial charge in [0.25, 0.3) is 0 Å². The first-order valence-electron chi connectivity index (χ1n) is 10.9. The van der Waals surface area contributed by atoms with Crippen LogP contribution in [0.5, 0.6) is 0 Å². The van der Waals surface area contributed by atoms with Crippen LogP contribution < -0.4 is 0 Å². The van der Waals surface area contributed by atoms with Crippen LogP contribution in [0.1, 0.15) is 30.6 Å². The molecule has 0 N–H and O–H groups in total. The van der Waals surface area contributed by atoms with Gasteiger partial charge in [-0.2, -0.15) is 0 Å². The molecule has 0 unspecified atom stereocenters. The fourth-order valence-corrected chi connectivity index (χ4v) is 6.34. The fourth-order valence-electron chi connectivity index (χ4n) is 6.34. The first-order valence-corrected chi connectivity index (χ1v) is 10.9. The summed E-state index contributed by atoms with van der Waals surface area (Å²) in [5.74, 6) is 1.10. The number of benzene rings is 1. The molecule has 0 amide bonds. The van der Waals surface area contributed by atoms with E-state index in [0.29, 0.717) is 10.8 Å². The normalized spacial score (nSPS) is 28.6. The molecule has 4 heterocycles. The Hall–Kier alpha value is -1.62. The van der Waals surface area contributed by atoms with Gasteiger partial charge in [-0.1, -0.05) is 30.3 Å². The van der Waals surface area contributed by atoms with Crippen LogP contribution in [0.3, 0.4) is 0 Å². The SMILES string of the molecule is CN1CC2(C1)CN(Cc1ccccc1)C[C@@]21CCCN(Cc2ccco2)CC1. The lowest BCUT2D eigenvalue weighted by molar-refractivity contribution is -0.0637. The monoisotopic (exact) mass is 379 g/mol. The Bertz CT molecular complexity index is 768. The Labute approximate surface area is 169 Å². The number of hydrogen-bond donors (Lipinski definition) is 0. The molecule has 0 radical (unpaired) electrons. The van der Waals surface area contributed by atoms with Crippen LogP contribution in [-0.2, 0) is 13.1 Å². The Morgan fingerprint density at radius 1 is 0.821 bits per heavy atom. The lowest BCUT2D eigenvalue weighted by atomic mass is 9.58. The molecule has 3 fully saturated rings. The Balaban J connectivity index is 1.31. The fraction of sp³-hybridized carbons (Fsp3) is 0.583. The summed E-state index contributed by atoms with van der Waals surface area (Å²) >= 11 is 0. The predicted octanol–water partition coefficient (Wildman–Crippen LogP) is 3.70. The minimum Gasteiger partial charge on any atom is -0.468 e. The van der Waals surface area contributed by atoms with E-state index >= 15 is 0 Å². The molecule has 2 spiro atoms. The topological polar surface area (TPSA) is 22.9 Å². The van der Waals surface area contributed by atoms with Gasteiger partial charge in [0, 0.05) is 38.1 Å². The van der Waals surface area contributed by atoms with Crippen LogP contribution >= 0.6 is 0 Å². The molecule has 3 aliphatic heterocycles. The van der Waals surface area contributed by atoms with E-state index in [0.717, 1.165) is 18.8 Å². The number of nitrogens with zero attached hydrogens (tertiary/aromatic N) is 3. The number of rotatable bonds is 4. The van der Waals surface area contributed by atoms with Crippen LogP contribution in [0.2, 0.25) is 0 Å². The van der Waals surface area contributed by atoms with E-state index in [1.54, 1.807) is 6.26 Å². The van der Waals surface area contributed by atoms with Crippen LogP contribution in [0, 0.1) is 10.8 Å². The number of furan rings is 1. The highest BCUT2D eigenvalue weighted by molar-refractivity contribution is 5.18. The first-order chi connectivity index (χ1) is 13.7. The third-order valence-corrected chi connectivity index (χ3v) is 7.57. The van der Waals surface area contributed by atoms with Crippen molar-refractivity contribution in [2.24, 2.45) is 10.8 Å². The van der Waals surface area contributed by atoms with E-state index in [1.165, 1.54) is 64.1 Å². The van der Waals surface area contributed by atoms with E-state index in [9.17, 15) is 0 Å². The van der Waals surface area contributed by atoms with Gasteiger partial charge in [-0.15, -0.1) is 0 Å². The van der Waals surface area contributed by atoms with E-state index in [-0.39, 0.29) is 0 Å². The Morgan fingerprint density at radius 3 is 2.39 bits per heavy atom. The van der Waals surface area contributed by atoms with E-state index in [4.69, 9.17) is 4.42 Å². The van der Waals surface area contributed by atoms with Crippen molar-refractivity contribution in [3.8, 4) is 0 Å². The molecule has 4 nitrogen and oxygen atoms in total. The van der Waals surface area contributed by atoms with Gasteiger partial charge in [0.1, 0.15) is 5.76 Å². The number of hydrogen-bond acceptors (Lipinski definition) is 4. The molecule has 4 heteroatoms. The highest BCUT2D eigenvalue weighted by Gasteiger charge is 2.61. The zero-order chi connectivity index (χ0) is 19.0. The molecule has 3 aliphatic rings. The van der Waals surface area contributed by atoms with Gasteiger partial charge in [-0.05, 0) is 62.5 Å². The van der Waals surface area contributed by atoms with E-state index in [1.807, 2.05) is 6.07 Å². The zero-order valence-electron chi connectivity index (χ0n) is 17.1. The first kappa shape index (κ1) is 18.4. The highest BCUT2D eigenvalue weighted by Crippen LogP contribution is 2.57. The van der Waals surface area contributed by atoms with Crippen molar-refractivity contribution in [2.75, 3.05) is 46.3 Å². The van der Waals surface area contributed by atoms with E-state index in [2.05, 4.69) is 58.1 Å². The Kier molecular flexibility index (Phi) is 4.82. The van der Waals surface area contributed by atoms with Gasteiger partial charge in [-0.3, -0.25) is 9.80 Å². The van der Waals surface area contributed by atoms with Crippen molar-refractivity contribution >= 4 is 0 Å². The minimum absolute atomic E-state index is 0.478. The summed E-state index contributed by atoms with van der Waals surface area (Å²) in [6, 6.07) is 15.1. The van der Waals surface area contributed by atoms with Crippen LogP contribution in [-0.4, -0.2) is 61.0 Å². The third kappa shape index (κ3) is 3.32. The smallest absolute Gasteiger partial charge is 0.117 e. The predicted molar refractivity (Wildman–Crippen MR) is 112 cm³/mol. The molecular weight excluding hydrogens is 346 g/mol. The van der Waals surface area contributed by atoms with Crippen molar-refractivity contribution in [1.29, 1.82) is 0 Å². The van der Waals surface area contributed by atoms with Gasteiger partial charge in [0.05, 0.1) is 12.8 Å². The second kappa shape index (κ2) is 7.33. The van der Waals surface area contributed by atoms with Gasteiger partial charge >= 0.3 is 0 Å². The van der Waals surface area contributed by atoms with E-state index < -0.39 is 0 Å². The summed E-state index contributed by atoms with van der Waals surface area (Å²) in [6.07, 6.45) is 5.81. The van der Waals surface area contributed by atoms with Gasteiger partial charge < -0.3 is 9.32 Å². The van der Waals surface area contributed by atoms with Crippen LogP contribution in [0.25, 0.3) is 0 Å². The summed E-state index contributed by atoms with van der Waals surface area (Å²) in [7, 11) is 2.29. The molecule has 28 heavy (non-hydrogen) atoms. The lowest BCUT2D eigenvalue weighted by Gasteiger charge is -2.56. The molecule has 3 saturated heterocycles. The van der Waals surface area contributed by atoms with Crippen molar-refractivity contribution < 1.29 is 4.42 Å². The summed E-state index contributed by atoms with van der Waals surface area (Å²) in [6.45, 7) is 9.55. The van der Waals surface area contributed by atoms with Crippen molar-refractivity contribution in [3.05, 3.63) is 60.1 Å². The van der Waals surface area contributed by atoms with Crippen molar-refractivity contribution in [3.63, 3.8) is 0 Å². The molecule has 150 valence electrons. The highest BCUT2D eigenvalue weighted by atomic mass is 16.3. The van der Waals surface area contributed by atoms with Gasteiger partial charge in [-0.25, -0.2) is 0 Å². The second-order valence-electron chi connectivity index (χ2n) is 9.57. The standard InChI is InChI=1S/C24H33N3O/c1-25-17-24(18-25)20-27(15-21-7-3-2-4-8-21)19-23(24)10-6-12-26(13-11-23)16-22-9-5-14-28-22/h2-5,7-9,14H,6,10-13,15-20H2,1H3/t23-/m0/s1. The maximum Gasteiger partial charge on any atom is 0.117 e.